The molecule has 1 aliphatic carbocycles. The van der Waals surface area contributed by atoms with Gasteiger partial charge in [-0.15, -0.1) is 0 Å². The number of aromatic nitrogens is 2. The molecule has 2 heterocycles. The molecule has 3 nitrogen and oxygen atoms in total. The van der Waals surface area contributed by atoms with Crippen LogP contribution in [0.2, 0.25) is 0 Å². The Morgan fingerprint density at radius 1 is 1.22 bits per heavy atom. The summed E-state index contributed by atoms with van der Waals surface area (Å²) in [6, 6.07) is 2.45. The summed E-state index contributed by atoms with van der Waals surface area (Å²) in [5.41, 5.74) is -0.186. The van der Waals surface area contributed by atoms with Crippen molar-refractivity contribution in [3.05, 3.63) is 30.2 Å². The Hall–Kier alpha value is -1.37. The predicted octanol–water partition coefficient (Wildman–Crippen LogP) is 5.35. The molecule has 0 saturated heterocycles. The van der Waals surface area contributed by atoms with E-state index in [9.17, 15) is 13.2 Å². The average Bonchev–Trinajstić information content (AvgIpc) is 3.00. The van der Waals surface area contributed by atoms with Crippen molar-refractivity contribution in [2.24, 2.45) is 5.92 Å². The second-order valence-electron chi connectivity index (χ2n) is 5.94. The summed E-state index contributed by atoms with van der Waals surface area (Å²) in [7, 11) is 0. The van der Waals surface area contributed by atoms with Crippen molar-refractivity contribution in [3.8, 4) is 5.88 Å². The van der Waals surface area contributed by atoms with Gasteiger partial charge in [0.25, 0.3) is 0 Å². The van der Waals surface area contributed by atoms with Gasteiger partial charge in [-0.25, -0.2) is 4.98 Å². The van der Waals surface area contributed by atoms with E-state index >= 15 is 0 Å². The van der Waals surface area contributed by atoms with Crippen LogP contribution < -0.4 is 4.18 Å². The molecule has 0 unspecified atom stereocenters. The molecule has 0 aromatic carbocycles. The molecule has 0 spiro atoms. The van der Waals surface area contributed by atoms with Crippen LogP contribution in [0.4, 0.5) is 13.2 Å². The van der Waals surface area contributed by atoms with Gasteiger partial charge in [0, 0.05) is 5.75 Å². The molecule has 0 N–H and O–H groups in total. The molecule has 2 aromatic heterocycles. The molecule has 2 aromatic rings. The van der Waals surface area contributed by atoms with Crippen LogP contribution in [0.1, 0.15) is 44.1 Å². The molecule has 0 aliphatic heterocycles. The van der Waals surface area contributed by atoms with Crippen LogP contribution in [-0.4, -0.2) is 15.1 Å². The van der Waals surface area contributed by atoms with Crippen molar-refractivity contribution in [2.45, 2.75) is 44.7 Å². The lowest BCUT2D eigenvalue weighted by atomic mass is 9.88. The molecule has 1 fully saturated rings. The summed E-state index contributed by atoms with van der Waals surface area (Å²) >= 11 is 1.10. The van der Waals surface area contributed by atoms with E-state index in [1.807, 2.05) is 0 Å². The minimum atomic E-state index is -4.45. The van der Waals surface area contributed by atoms with E-state index in [-0.39, 0.29) is 5.88 Å². The topological polar surface area (TPSA) is 26.5 Å². The molecule has 0 amide bonds. The van der Waals surface area contributed by atoms with Gasteiger partial charge in [-0.2, -0.15) is 13.2 Å². The second kappa shape index (κ2) is 7.03. The summed E-state index contributed by atoms with van der Waals surface area (Å²) in [5.74, 6) is 1.19. The van der Waals surface area contributed by atoms with Crippen molar-refractivity contribution in [2.75, 3.05) is 5.75 Å². The summed E-state index contributed by atoms with van der Waals surface area (Å²) in [6.45, 7) is 0. The number of pyridine rings is 1. The van der Waals surface area contributed by atoms with Gasteiger partial charge < -0.3 is 4.18 Å². The zero-order valence-electron chi connectivity index (χ0n) is 12.7. The smallest absolute Gasteiger partial charge is 0.407 e. The highest BCUT2D eigenvalue weighted by molar-refractivity contribution is 7.95. The van der Waals surface area contributed by atoms with Gasteiger partial charge in [0.2, 0.25) is 5.88 Å². The van der Waals surface area contributed by atoms with Crippen LogP contribution in [-0.2, 0) is 6.18 Å². The number of halogens is 3. The standard InChI is InChI=1S/C16H19F3N2OS/c17-16(18,19)14-7-6-13-10-20-11-21(13)15(14)22-23-9-8-12-4-2-1-3-5-12/h6-7,10-12H,1-5,8-9H2. The first-order valence-corrected chi connectivity index (χ1v) is 8.78. The highest BCUT2D eigenvalue weighted by atomic mass is 32.2. The van der Waals surface area contributed by atoms with Gasteiger partial charge in [-0.3, -0.25) is 4.40 Å². The molecule has 1 saturated carbocycles. The molecule has 7 heteroatoms. The van der Waals surface area contributed by atoms with E-state index in [1.165, 1.54) is 55.1 Å². The molecule has 126 valence electrons. The normalized spacial score (nSPS) is 16.8. The Labute approximate surface area is 137 Å². The number of imidazole rings is 1. The van der Waals surface area contributed by atoms with E-state index in [1.54, 1.807) is 0 Å². The van der Waals surface area contributed by atoms with Crippen LogP contribution in [0.25, 0.3) is 5.52 Å². The molecule has 0 atom stereocenters. The van der Waals surface area contributed by atoms with E-state index in [2.05, 4.69) is 4.98 Å². The summed E-state index contributed by atoms with van der Waals surface area (Å²) in [4.78, 5) is 3.89. The Balaban J connectivity index is 1.67. The fourth-order valence-corrected chi connectivity index (χ4v) is 3.85. The van der Waals surface area contributed by atoms with Gasteiger partial charge in [0.05, 0.1) is 23.8 Å². The summed E-state index contributed by atoms with van der Waals surface area (Å²) in [6.07, 6.45) is 5.70. The third-order valence-corrected chi connectivity index (χ3v) is 4.99. The van der Waals surface area contributed by atoms with E-state index in [0.29, 0.717) is 17.2 Å². The predicted molar refractivity (Wildman–Crippen MR) is 84.5 cm³/mol. The highest BCUT2D eigenvalue weighted by Gasteiger charge is 2.36. The number of hydrogen-bond donors (Lipinski definition) is 0. The number of rotatable bonds is 5. The van der Waals surface area contributed by atoms with Crippen LogP contribution in [0, 0.1) is 5.92 Å². The fraction of sp³-hybridized carbons (Fsp3) is 0.562. The van der Waals surface area contributed by atoms with Gasteiger partial charge in [-0.05, 0) is 24.5 Å². The fourth-order valence-electron chi connectivity index (χ4n) is 3.06. The highest BCUT2D eigenvalue weighted by Crippen LogP contribution is 2.38. The molecule has 0 radical (unpaired) electrons. The lowest BCUT2D eigenvalue weighted by molar-refractivity contribution is -0.138. The first-order chi connectivity index (χ1) is 11.1. The van der Waals surface area contributed by atoms with E-state index in [0.717, 1.165) is 24.5 Å². The molecular formula is C16H19F3N2OS. The maximum absolute atomic E-state index is 13.2. The maximum atomic E-state index is 13.2. The van der Waals surface area contributed by atoms with Crippen molar-refractivity contribution in [1.82, 2.24) is 9.38 Å². The van der Waals surface area contributed by atoms with E-state index in [4.69, 9.17) is 4.18 Å². The van der Waals surface area contributed by atoms with Crippen LogP contribution in [0.3, 0.4) is 0 Å². The van der Waals surface area contributed by atoms with Crippen molar-refractivity contribution >= 4 is 17.6 Å². The summed E-state index contributed by atoms with van der Waals surface area (Å²) in [5, 5.41) is 0. The Morgan fingerprint density at radius 3 is 2.74 bits per heavy atom. The summed E-state index contributed by atoms with van der Waals surface area (Å²) < 4.78 is 46.3. The minimum Gasteiger partial charge on any atom is -0.407 e. The Morgan fingerprint density at radius 2 is 2.00 bits per heavy atom. The van der Waals surface area contributed by atoms with Crippen LogP contribution in [0.5, 0.6) is 5.88 Å². The monoisotopic (exact) mass is 344 g/mol. The Kier molecular flexibility index (Phi) is 5.04. The molecule has 3 rings (SSSR count). The average molecular weight is 344 g/mol. The zero-order chi connectivity index (χ0) is 16.3. The minimum absolute atomic E-state index is 0.193. The third kappa shape index (κ3) is 3.94. The zero-order valence-corrected chi connectivity index (χ0v) is 13.5. The Bertz CT molecular complexity index is 650. The maximum Gasteiger partial charge on any atom is 0.421 e. The van der Waals surface area contributed by atoms with Crippen molar-refractivity contribution in [3.63, 3.8) is 0 Å². The third-order valence-electron chi connectivity index (χ3n) is 4.31. The lowest BCUT2D eigenvalue weighted by Gasteiger charge is -2.21. The largest absolute Gasteiger partial charge is 0.421 e. The van der Waals surface area contributed by atoms with Gasteiger partial charge in [-0.1, -0.05) is 32.1 Å². The first-order valence-electron chi connectivity index (χ1n) is 7.87. The van der Waals surface area contributed by atoms with Crippen LogP contribution >= 0.6 is 12.0 Å². The van der Waals surface area contributed by atoms with Crippen LogP contribution in [0.15, 0.2) is 24.7 Å². The SMILES string of the molecule is FC(F)(F)c1ccc2cncn2c1OSCCC1CCCCC1. The molecule has 0 bridgehead atoms. The van der Waals surface area contributed by atoms with Crippen molar-refractivity contribution in [1.29, 1.82) is 0 Å². The van der Waals surface area contributed by atoms with Gasteiger partial charge >= 0.3 is 6.18 Å². The second-order valence-corrected chi connectivity index (χ2v) is 6.75. The molecule has 23 heavy (non-hydrogen) atoms. The molecule has 1 aliphatic rings. The van der Waals surface area contributed by atoms with Gasteiger partial charge in [0.15, 0.2) is 0 Å². The number of nitrogens with zero attached hydrogens (tertiary/aromatic N) is 2. The van der Waals surface area contributed by atoms with Gasteiger partial charge in [0.1, 0.15) is 11.9 Å². The number of fused-ring (bicyclic) bond motifs is 1. The quantitative estimate of drug-likeness (QED) is 0.540. The molecular weight excluding hydrogens is 325 g/mol. The van der Waals surface area contributed by atoms with E-state index < -0.39 is 11.7 Å². The van der Waals surface area contributed by atoms with Crippen molar-refractivity contribution < 1.29 is 17.4 Å². The number of alkyl halides is 3. The number of hydrogen-bond acceptors (Lipinski definition) is 3. The first kappa shape index (κ1) is 16.5. The lowest BCUT2D eigenvalue weighted by Crippen LogP contribution is -2.10.